The maximum Gasteiger partial charge on any atom is 0.352 e. The lowest BCUT2D eigenvalue weighted by molar-refractivity contribution is -0.150. The van der Waals surface area contributed by atoms with Gasteiger partial charge in [-0.25, -0.2) is 14.8 Å². The van der Waals surface area contributed by atoms with Gasteiger partial charge in [0, 0.05) is 16.0 Å². The van der Waals surface area contributed by atoms with Crippen molar-refractivity contribution in [2.45, 2.75) is 23.9 Å². The lowest BCUT2D eigenvalue weighted by Crippen LogP contribution is -2.71. The fourth-order valence-corrected chi connectivity index (χ4v) is 9.07. The van der Waals surface area contributed by atoms with Gasteiger partial charge in [0.05, 0.1) is 11.2 Å². The van der Waals surface area contributed by atoms with Crippen LogP contribution in [0.5, 0.6) is 0 Å². The van der Waals surface area contributed by atoms with E-state index in [0.717, 1.165) is 27.3 Å². The van der Waals surface area contributed by atoms with Crippen molar-refractivity contribution in [2.24, 2.45) is 5.16 Å². The number of amides is 2. The molecular weight excluding hydrogens is 717 g/mol. The Morgan fingerprint density at radius 3 is 2.12 bits per heavy atom. The van der Waals surface area contributed by atoms with Crippen LogP contribution >= 0.6 is 34.4 Å². The quantitative estimate of drug-likeness (QED) is 0.0595. The number of aromatic nitrogens is 2. The number of hydrogen-bond donors (Lipinski definition) is 3. The van der Waals surface area contributed by atoms with Crippen LogP contribution in [0.15, 0.2) is 124 Å². The number of aryl methyl sites for hydroxylation is 1. The largest absolute Gasteiger partial charge is 0.477 e. The van der Waals surface area contributed by atoms with Crippen molar-refractivity contribution < 1.29 is 24.3 Å². The maximum atomic E-state index is 13.8. The first-order chi connectivity index (χ1) is 25.3. The number of thioether (sulfide) groups is 1. The Morgan fingerprint density at radius 2 is 1.58 bits per heavy atom. The Hall–Kier alpha value is -5.57. The third-order valence-corrected chi connectivity index (χ3v) is 11.7. The molecule has 52 heavy (non-hydrogen) atoms. The number of β-lactam (4-membered cyclic amide) rings is 1. The van der Waals surface area contributed by atoms with E-state index >= 15 is 0 Å². The van der Waals surface area contributed by atoms with Gasteiger partial charge in [-0.1, -0.05) is 102 Å². The Kier molecular flexibility index (Phi) is 10.0. The van der Waals surface area contributed by atoms with Gasteiger partial charge in [0.15, 0.2) is 10.8 Å². The van der Waals surface area contributed by atoms with E-state index in [1.807, 2.05) is 67.6 Å². The number of benzene rings is 3. The first kappa shape index (κ1) is 34.9. The van der Waals surface area contributed by atoms with Crippen molar-refractivity contribution in [3.05, 3.63) is 152 Å². The SMILES string of the molecule is CO/N=C(/C(=O)NC1C(=O)N2C(C(=O)O)=C(/C=C/c3scnc3C)CS[C@H]12)c1csc(NC(c2ccccc2)(c2ccccc2)c2ccccc2)n1. The number of nitrogens with one attached hydrogen (secondary N) is 2. The standard InChI is InChI=1S/C38H32N6O5S3/c1-23-29(52-22-39-23)19-18-24-20-50-35-31(34(46)44(35)32(24)36(47)48)41-33(45)30(43-49-2)28-21-51-37(40-28)42-38(25-12-6-3-7-13-25,26-14-8-4-9-15-26)27-16-10-5-11-17-27/h3-19,21-22,31,35H,20H2,1-2H3,(H,40,42)(H,41,45)(H,47,48)/b19-18+,43-30+/t31?,35-/m1/s1. The molecule has 14 heteroatoms. The smallest absolute Gasteiger partial charge is 0.352 e. The van der Waals surface area contributed by atoms with Gasteiger partial charge < -0.3 is 20.6 Å². The second-order valence-electron chi connectivity index (χ2n) is 11.8. The van der Waals surface area contributed by atoms with Gasteiger partial charge in [-0.3, -0.25) is 14.5 Å². The third kappa shape index (κ3) is 6.51. The van der Waals surface area contributed by atoms with E-state index < -0.39 is 34.7 Å². The van der Waals surface area contributed by atoms with Gasteiger partial charge in [-0.05, 0) is 35.3 Å². The normalized spacial score (nSPS) is 17.5. The molecule has 2 amide bonds. The highest BCUT2D eigenvalue weighted by molar-refractivity contribution is 8.00. The van der Waals surface area contributed by atoms with Crippen LogP contribution in [0.4, 0.5) is 5.13 Å². The van der Waals surface area contributed by atoms with Gasteiger partial charge in [-0.15, -0.1) is 34.4 Å². The molecule has 2 aliphatic rings. The molecule has 2 aromatic heterocycles. The molecule has 0 radical (unpaired) electrons. The number of anilines is 1. The molecule has 2 aliphatic heterocycles. The van der Waals surface area contributed by atoms with Gasteiger partial charge in [0.25, 0.3) is 11.8 Å². The van der Waals surface area contributed by atoms with Crippen LogP contribution in [0.3, 0.4) is 0 Å². The average molecular weight is 749 g/mol. The Morgan fingerprint density at radius 1 is 0.962 bits per heavy atom. The highest BCUT2D eigenvalue weighted by Gasteiger charge is 2.54. The number of oxime groups is 1. The molecule has 4 heterocycles. The summed E-state index contributed by atoms with van der Waals surface area (Å²) < 4.78 is 0. The number of thiazole rings is 2. The van der Waals surface area contributed by atoms with E-state index in [0.29, 0.717) is 16.5 Å². The molecule has 0 bridgehead atoms. The zero-order chi connectivity index (χ0) is 36.2. The second-order valence-corrected chi connectivity index (χ2v) is 14.7. The molecule has 3 N–H and O–H groups in total. The molecule has 1 saturated heterocycles. The number of carbonyl (C=O) groups is 3. The van der Waals surface area contributed by atoms with E-state index in [9.17, 15) is 19.5 Å². The Labute approximate surface area is 311 Å². The van der Waals surface area contributed by atoms with E-state index in [1.54, 1.807) is 17.0 Å². The molecule has 2 atom stereocenters. The molecule has 1 unspecified atom stereocenters. The van der Waals surface area contributed by atoms with Gasteiger partial charge in [0.2, 0.25) is 0 Å². The highest BCUT2D eigenvalue weighted by atomic mass is 32.2. The summed E-state index contributed by atoms with van der Waals surface area (Å²) in [4.78, 5) is 55.8. The van der Waals surface area contributed by atoms with E-state index in [-0.39, 0.29) is 17.1 Å². The van der Waals surface area contributed by atoms with Gasteiger partial charge in [0.1, 0.15) is 35.5 Å². The van der Waals surface area contributed by atoms with E-state index in [4.69, 9.17) is 9.82 Å². The number of carboxylic acids is 1. The van der Waals surface area contributed by atoms with Crippen molar-refractivity contribution >= 4 is 69.1 Å². The minimum Gasteiger partial charge on any atom is -0.477 e. The number of aliphatic carboxylic acids is 1. The second kappa shape index (κ2) is 15.0. The molecule has 0 saturated carbocycles. The van der Waals surface area contributed by atoms with Gasteiger partial charge >= 0.3 is 5.97 Å². The topological polar surface area (TPSA) is 146 Å². The third-order valence-electron chi connectivity index (χ3n) is 8.76. The van der Waals surface area contributed by atoms with Crippen molar-refractivity contribution in [3.63, 3.8) is 0 Å². The summed E-state index contributed by atoms with van der Waals surface area (Å²) >= 11 is 4.12. The fraction of sp³-hybridized carbons (Fsp3) is 0.158. The molecule has 5 aromatic rings. The Balaban J connectivity index is 1.14. The zero-order valence-corrected chi connectivity index (χ0v) is 30.4. The predicted octanol–water partition coefficient (Wildman–Crippen LogP) is 6.11. The number of nitrogens with zero attached hydrogens (tertiary/aromatic N) is 4. The van der Waals surface area contributed by atoms with E-state index in [2.05, 4.69) is 57.2 Å². The van der Waals surface area contributed by atoms with Crippen LogP contribution < -0.4 is 10.6 Å². The number of allylic oxidation sites excluding steroid dienone is 1. The van der Waals surface area contributed by atoms with Crippen molar-refractivity contribution in [1.82, 2.24) is 20.2 Å². The average Bonchev–Trinajstić information content (AvgIpc) is 3.82. The van der Waals surface area contributed by atoms with Crippen molar-refractivity contribution in [3.8, 4) is 0 Å². The molecule has 262 valence electrons. The van der Waals surface area contributed by atoms with Crippen molar-refractivity contribution in [1.29, 1.82) is 0 Å². The molecular formula is C38H32N6O5S3. The van der Waals surface area contributed by atoms with Crippen LogP contribution in [0.1, 0.15) is 33.0 Å². The monoisotopic (exact) mass is 748 g/mol. The summed E-state index contributed by atoms with van der Waals surface area (Å²) in [5.41, 5.74) is 5.18. The lowest BCUT2D eigenvalue weighted by Gasteiger charge is -2.49. The van der Waals surface area contributed by atoms with Crippen molar-refractivity contribution in [2.75, 3.05) is 18.2 Å². The Bertz CT molecular complexity index is 2100. The number of fused-ring (bicyclic) bond motifs is 1. The summed E-state index contributed by atoms with van der Waals surface area (Å²) in [6, 6.07) is 29.2. The molecule has 3 aromatic carbocycles. The van der Waals surface area contributed by atoms with Crippen LogP contribution in [0.2, 0.25) is 0 Å². The summed E-state index contributed by atoms with van der Waals surface area (Å²) in [7, 11) is 1.32. The predicted molar refractivity (Wildman–Crippen MR) is 204 cm³/mol. The minimum absolute atomic E-state index is 0.0996. The minimum atomic E-state index is -1.22. The van der Waals surface area contributed by atoms with Crippen LogP contribution in [-0.2, 0) is 24.8 Å². The molecule has 0 spiro atoms. The summed E-state index contributed by atoms with van der Waals surface area (Å²) in [6.07, 6.45) is 3.52. The van der Waals surface area contributed by atoms with Crippen LogP contribution in [0, 0.1) is 6.92 Å². The highest BCUT2D eigenvalue weighted by Crippen LogP contribution is 2.42. The number of rotatable bonds is 12. The van der Waals surface area contributed by atoms with Crippen LogP contribution in [-0.4, -0.2) is 67.7 Å². The van der Waals surface area contributed by atoms with Gasteiger partial charge in [-0.2, -0.15) is 0 Å². The zero-order valence-electron chi connectivity index (χ0n) is 27.9. The lowest BCUT2D eigenvalue weighted by atomic mass is 9.77. The van der Waals surface area contributed by atoms with E-state index in [1.165, 1.54) is 46.4 Å². The maximum absolute atomic E-state index is 13.8. The fourth-order valence-electron chi connectivity index (χ4n) is 6.31. The first-order valence-electron chi connectivity index (χ1n) is 16.1. The summed E-state index contributed by atoms with van der Waals surface area (Å²) in [5, 5.41) is 22.2. The molecule has 0 aliphatic carbocycles. The number of carbonyl (C=O) groups excluding carboxylic acids is 2. The van der Waals surface area contributed by atoms with Crippen LogP contribution in [0.25, 0.3) is 6.08 Å². The molecule has 11 nitrogen and oxygen atoms in total. The molecule has 1 fully saturated rings. The molecule has 7 rings (SSSR count). The summed E-state index contributed by atoms with van der Waals surface area (Å²) in [6.45, 7) is 1.87. The first-order valence-corrected chi connectivity index (χ1v) is 18.9. The number of carboxylic acid groups (broad SMARTS) is 1. The number of hydrogen-bond acceptors (Lipinski definition) is 11. The summed E-state index contributed by atoms with van der Waals surface area (Å²) in [5.74, 6) is -2.09.